The number of nitrogens with zero attached hydrogens (tertiary/aromatic N) is 1. The van der Waals surface area contributed by atoms with Crippen molar-refractivity contribution in [3.05, 3.63) is 0 Å². The lowest BCUT2D eigenvalue weighted by molar-refractivity contribution is -0.135. The maximum atomic E-state index is 11.2. The maximum absolute atomic E-state index is 11.2. The lowest BCUT2D eigenvalue weighted by atomic mass is 10.2. The van der Waals surface area contributed by atoms with E-state index in [1.807, 2.05) is 0 Å². The minimum absolute atomic E-state index is 0.0187. The van der Waals surface area contributed by atoms with Crippen molar-refractivity contribution in [2.45, 2.75) is 25.3 Å². The highest BCUT2D eigenvalue weighted by atomic mass is 16.2. The second-order valence-electron chi connectivity index (χ2n) is 3.32. The predicted octanol–water partition coefficient (Wildman–Crippen LogP) is -0.976. The van der Waals surface area contributed by atoms with Crippen molar-refractivity contribution in [3.63, 3.8) is 0 Å². The number of rotatable bonds is 1. The number of nitrogens with one attached hydrogen (secondary N) is 1. The average Bonchev–Trinajstić information content (AvgIpc) is 2.58. The molecule has 0 aromatic heterocycles. The van der Waals surface area contributed by atoms with Crippen molar-refractivity contribution in [2.75, 3.05) is 6.54 Å². The first-order valence-corrected chi connectivity index (χ1v) is 4.31. The molecule has 0 spiro atoms. The third-order valence-electron chi connectivity index (χ3n) is 2.43. The highest BCUT2D eigenvalue weighted by molar-refractivity contribution is 6.06. The summed E-state index contributed by atoms with van der Waals surface area (Å²) in [5.41, 5.74) is 0. The Labute approximate surface area is 75.1 Å². The van der Waals surface area contributed by atoms with Crippen molar-refractivity contribution in [2.24, 2.45) is 0 Å². The summed E-state index contributed by atoms with van der Waals surface area (Å²) in [6.45, 7) is 0.601. The molecule has 2 aliphatic heterocycles. The molecule has 2 heterocycles. The lowest BCUT2D eigenvalue weighted by Gasteiger charge is -2.19. The summed E-state index contributed by atoms with van der Waals surface area (Å²) in [6.07, 6.45) is 1.42. The van der Waals surface area contributed by atoms with Crippen LogP contribution in [-0.4, -0.2) is 35.2 Å². The molecule has 0 radical (unpaired) electrons. The molecule has 0 aromatic rings. The summed E-state index contributed by atoms with van der Waals surface area (Å²) in [4.78, 5) is 34.8. The summed E-state index contributed by atoms with van der Waals surface area (Å²) in [6, 6.07) is -0.539. The quantitative estimate of drug-likeness (QED) is 0.530. The van der Waals surface area contributed by atoms with Gasteiger partial charge in [0.2, 0.25) is 17.7 Å². The zero-order valence-electron chi connectivity index (χ0n) is 7.08. The summed E-state index contributed by atoms with van der Waals surface area (Å²) in [5, 5.41) is 2.19. The molecule has 1 N–H and O–H groups in total. The van der Waals surface area contributed by atoms with Gasteiger partial charge in [0.1, 0.15) is 6.04 Å². The second kappa shape index (κ2) is 2.83. The summed E-state index contributed by atoms with van der Waals surface area (Å²) < 4.78 is 0. The molecule has 0 aromatic carbocycles. The number of hydrogen-bond donors (Lipinski definition) is 1. The van der Waals surface area contributed by atoms with E-state index in [4.69, 9.17) is 0 Å². The molecule has 0 bridgehead atoms. The zero-order valence-corrected chi connectivity index (χ0v) is 7.08. The minimum Gasteiger partial charge on any atom is -0.330 e. The van der Waals surface area contributed by atoms with E-state index in [0.29, 0.717) is 13.0 Å². The fraction of sp³-hybridized carbons (Fsp3) is 0.625. The molecule has 2 saturated heterocycles. The number of carbonyl (C=O) groups excluding carboxylic acids is 3. The van der Waals surface area contributed by atoms with Gasteiger partial charge >= 0.3 is 0 Å². The van der Waals surface area contributed by atoms with Crippen LogP contribution in [0.25, 0.3) is 0 Å². The van der Waals surface area contributed by atoms with Crippen LogP contribution >= 0.6 is 0 Å². The Hall–Kier alpha value is -1.39. The van der Waals surface area contributed by atoms with E-state index in [2.05, 4.69) is 5.32 Å². The molecule has 2 fully saturated rings. The third-order valence-corrected chi connectivity index (χ3v) is 2.43. The zero-order chi connectivity index (χ0) is 9.42. The van der Waals surface area contributed by atoms with Crippen molar-refractivity contribution in [3.8, 4) is 0 Å². The number of carbonyl (C=O) groups is 3. The topological polar surface area (TPSA) is 66.5 Å². The number of likely N-dealkylation sites (tertiary alicyclic amines) is 1. The first kappa shape index (κ1) is 8.22. The van der Waals surface area contributed by atoms with Gasteiger partial charge in [-0.15, -0.1) is 0 Å². The first-order chi connectivity index (χ1) is 6.18. The monoisotopic (exact) mass is 182 g/mol. The molecule has 70 valence electrons. The molecule has 3 amide bonds. The molecular weight excluding hydrogens is 172 g/mol. The van der Waals surface area contributed by atoms with Crippen LogP contribution in [0.2, 0.25) is 0 Å². The summed E-state index contributed by atoms with van der Waals surface area (Å²) >= 11 is 0. The fourth-order valence-electron chi connectivity index (χ4n) is 1.79. The molecule has 5 heteroatoms. The predicted molar refractivity (Wildman–Crippen MR) is 42.5 cm³/mol. The van der Waals surface area contributed by atoms with Gasteiger partial charge in [-0.1, -0.05) is 0 Å². The Morgan fingerprint density at radius 1 is 1.31 bits per heavy atom. The normalized spacial score (nSPS) is 28.5. The highest BCUT2D eigenvalue weighted by Crippen LogP contribution is 2.18. The second-order valence-corrected chi connectivity index (χ2v) is 3.32. The molecule has 2 rings (SSSR count). The summed E-state index contributed by atoms with van der Waals surface area (Å²) in [7, 11) is 0. The molecular formula is C8H10N2O3. The van der Waals surface area contributed by atoms with Crippen molar-refractivity contribution >= 4 is 17.7 Å². The van der Waals surface area contributed by atoms with Gasteiger partial charge in [0.25, 0.3) is 0 Å². The van der Waals surface area contributed by atoms with Gasteiger partial charge in [-0.3, -0.25) is 19.7 Å². The number of amides is 3. The molecule has 13 heavy (non-hydrogen) atoms. The van der Waals surface area contributed by atoms with Crippen LogP contribution in [-0.2, 0) is 14.4 Å². The van der Waals surface area contributed by atoms with Crippen LogP contribution in [0.3, 0.4) is 0 Å². The van der Waals surface area contributed by atoms with Gasteiger partial charge in [-0.2, -0.15) is 0 Å². The average molecular weight is 182 g/mol. The number of hydrogen-bond acceptors (Lipinski definition) is 3. The van der Waals surface area contributed by atoms with E-state index in [1.165, 1.54) is 4.90 Å². The van der Waals surface area contributed by atoms with E-state index < -0.39 is 6.04 Å². The number of imide groups is 1. The van der Waals surface area contributed by atoms with Gasteiger partial charge in [-0.25, -0.2) is 0 Å². The third kappa shape index (κ3) is 1.30. The molecule has 2 aliphatic rings. The molecule has 1 atom stereocenters. The van der Waals surface area contributed by atoms with Gasteiger partial charge in [0, 0.05) is 13.0 Å². The molecule has 0 saturated carbocycles. The Balaban J connectivity index is 2.12. The van der Waals surface area contributed by atoms with Crippen LogP contribution in [0.1, 0.15) is 19.3 Å². The minimum atomic E-state index is -0.539. The van der Waals surface area contributed by atoms with Gasteiger partial charge < -0.3 is 4.90 Å². The van der Waals surface area contributed by atoms with E-state index in [1.54, 1.807) is 0 Å². The standard InChI is InChI=1S/C8H10N2O3/c11-6-4-5(8(13)9-6)10-3-1-2-7(10)12/h5H,1-4H2,(H,9,11,13). The Kier molecular flexibility index (Phi) is 1.79. The smallest absolute Gasteiger partial charge is 0.249 e. The van der Waals surface area contributed by atoms with Crippen molar-refractivity contribution in [1.82, 2.24) is 10.2 Å². The van der Waals surface area contributed by atoms with Gasteiger partial charge in [0.15, 0.2) is 0 Å². The van der Waals surface area contributed by atoms with Crippen LogP contribution in [0, 0.1) is 0 Å². The SMILES string of the molecule is O=C1CC(N2CCCC2=O)C(=O)N1. The molecule has 0 aliphatic carbocycles. The van der Waals surface area contributed by atoms with Crippen molar-refractivity contribution in [1.29, 1.82) is 0 Å². The van der Waals surface area contributed by atoms with E-state index >= 15 is 0 Å². The van der Waals surface area contributed by atoms with E-state index in [0.717, 1.165) is 6.42 Å². The Bertz CT molecular complexity index is 287. The van der Waals surface area contributed by atoms with Gasteiger partial charge in [-0.05, 0) is 6.42 Å². The van der Waals surface area contributed by atoms with E-state index in [9.17, 15) is 14.4 Å². The van der Waals surface area contributed by atoms with Crippen LogP contribution in [0.5, 0.6) is 0 Å². The fourth-order valence-corrected chi connectivity index (χ4v) is 1.79. The molecule has 5 nitrogen and oxygen atoms in total. The Morgan fingerprint density at radius 3 is 2.54 bits per heavy atom. The largest absolute Gasteiger partial charge is 0.330 e. The van der Waals surface area contributed by atoms with Crippen LogP contribution in [0.15, 0.2) is 0 Å². The maximum Gasteiger partial charge on any atom is 0.249 e. The van der Waals surface area contributed by atoms with Crippen LogP contribution < -0.4 is 5.32 Å². The highest BCUT2D eigenvalue weighted by Gasteiger charge is 2.39. The first-order valence-electron chi connectivity index (χ1n) is 4.31. The lowest BCUT2D eigenvalue weighted by Crippen LogP contribution is -2.41. The van der Waals surface area contributed by atoms with Crippen LogP contribution in [0.4, 0.5) is 0 Å². The molecule has 1 unspecified atom stereocenters. The summed E-state index contributed by atoms with van der Waals surface area (Å²) in [5.74, 6) is -0.634. The van der Waals surface area contributed by atoms with Crippen molar-refractivity contribution < 1.29 is 14.4 Å². The van der Waals surface area contributed by atoms with Gasteiger partial charge in [0.05, 0.1) is 6.42 Å². The van der Waals surface area contributed by atoms with E-state index in [-0.39, 0.29) is 24.1 Å². The Morgan fingerprint density at radius 2 is 2.08 bits per heavy atom.